The average molecular weight is 315 g/mol. The van der Waals surface area contributed by atoms with E-state index in [0.717, 1.165) is 18.2 Å². The highest BCUT2D eigenvalue weighted by molar-refractivity contribution is 7.92. The lowest BCUT2D eigenvalue weighted by atomic mass is 10.3. The molecule has 2 aromatic rings. The minimum atomic E-state index is -4.00. The normalized spacial score (nSPS) is 11.1. The summed E-state index contributed by atoms with van der Waals surface area (Å²) in [5, 5.41) is 10.6. The molecule has 10 heteroatoms. The van der Waals surface area contributed by atoms with E-state index in [0.29, 0.717) is 0 Å². The quantitative estimate of drug-likeness (QED) is 0.680. The van der Waals surface area contributed by atoms with Crippen molar-refractivity contribution in [3.05, 3.63) is 51.9 Å². The molecule has 0 aliphatic carbocycles. The molecule has 0 spiro atoms. The molecular formula is C10H7ClN4O4S. The number of hydrogen-bond donors (Lipinski definition) is 1. The van der Waals surface area contributed by atoms with Gasteiger partial charge in [0.2, 0.25) is 0 Å². The van der Waals surface area contributed by atoms with Gasteiger partial charge >= 0.3 is 0 Å². The molecule has 8 nitrogen and oxygen atoms in total. The Morgan fingerprint density at radius 2 is 2.05 bits per heavy atom. The molecule has 2 rings (SSSR count). The summed E-state index contributed by atoms with van der Waals surface area (Å²) in [7, 11) is -4.00. The number of nitro groups is 1. The van der Waals surface area contributed by atoms with Crippen molar-refractivity contribution in [2.75, 3.05) is 4.72 Å². The maximum Gasteiger partial charge on any atom is 0.289 e. The lowest BCUT2D eigenvalue weighted by Crippen LogP contribution is -2.14. The number of rotatable bonds is 4. The zero-order chi connectivity index (χ0) is 14.8. The summed E-state index contributed by atoms with van der Waals surface area (Å²) in [4.78, 5) is 17.1. The Kier molecular flexibility index (Phi) is 3.81. The van der Waals surface area contributed by atoms with Crippen LogP contribution in [0.15, 0.2) is 41.7 Å². The Labute approximate surface area is 118 Å². The van der Waals surface area contributed by atoms with Gasteiger partial charge < -0.3 is 0 Å². The molecule has 0 radical (unpaired) electrons. The molecule has 1 heterocycles. The van der Waals surface area contributed by atoms with Crippen LogP contribution in [-0.4, -0.2) is 23.3 Å². The van der Waals surface area contributed by atoms with Gasteiger partial charge in [-0.05, 0) is 12.1 Å². The van der Waals surface area contributed by atoms with Gasteiger partial charge in [-0.25, -0.2) is 13.4 Å². The maximum atomic E-state index is 12.0. The smallest absolute Gasteiger partial charge is 0.262 e. The van der Waals surface area contributed by atoms with E-state index >= 15 is 0 Å². The molecule has 1 aromatic carbocycles. The second-order valence-corrected chi connectivity index (χ2v) is 5.66. The van der Waals surface area contributed by atoms with Crippen molar-refractivity contribution in [2.24, 2.45) is 0 Å². The van der Waals surface area contributed by atoms with Crippen LogP contribution < -0.4 is 4.72 Å². The van der Waals surface area contributed by atoms with E-state index in [-0.39, 0.29) is 15.7 Å². The van der Waals surface area contributed by atoms with Crippen molar-refractivity contribution in [3.8, 4) is 0 Å². The van der Waals surface area contributed by atoms with E-state index in [1.54, 1.807) is 0 Å². The zero-order valence-electron chi connectivity index (χ0n) is 9.72. The summed E-state index contributed by atoms with van der Waals surface area (Å²) in [5.41, 5.74) is -0.492. The molecule has 1 N–H and O–H groups in total. The van der Waals surface area contributed by atoms with Gasteiger partial charge in [0.25, 0.3) is 15.7 Å². The van der Waals surface area contributed by atoms with Gasteiger partial charge in [0.1, 0.15) is 5.02 Å². The third-order valence-electron chi connectivity index (χ3n) is 2.23. The van der Waals surface area contributed by atoms with E-state index in [1.165, 1.54) is 18.6 Å². The SMILES string of the molecule is O=[N+]([O-])c1cc(S(=O)(=O)Nc2cnccn2)ccc1Cl. The first-order chi connectivity index (χ1) is 9.40. The molecule has 0 aliphatic rings. The highest BCUT2D eigenvalue weighted by atomic mass is 35.5. The summed E-state index contributed by atoms with van der Waals surface area (Å²) < 4.78 is 26.2. The number of nitro benzene ring substituents is 1. The zero-order valence-corrected chi connectivity index (χ0v) is 11.3. The molecule has 0 atom stereocenters. The molecule has 0 unspecified atom stereocenters. The third kappa shape index (κ3) is 3.00. The second kappa shape index (κ2) is 5.39. The molecular weight excluding hydrogens is 308 g/mol. The topological polar surface area (TPSA) is 115 Å². The molecule has 0 fully saturated rings. The van der Waals surface area contributed by atoms with Crippen LogP contribution in [0, 0.1) is 10.1 Å². The van der Waals surface area contributed by atoms with Gasteiger partial charge in [0.15, 0.2) is 5.82 Å². The number of nitrogens with zero attached hydrogens (tertiary/aromatic N) is 3. The van der Waals surface area contributed by atoms with E-state index in [1.807, 2.05) is 0 Å². The lowest BCUT2D eigenvalue weighted by molar-refractivity contribution is -0.384. The first-order valence-corrected chi connectivity index (χ1v) is 6.99. The third-order valence-corrected chi connectivity index (χ3v) is 3.90. The Morgan fingerprint density at radius 3 is 2.65 bits per heavy atom. The van der Waals surface area contributed by atoms with Crippen molar-refractivity contribution in [2.45, 2.75) is 4.90 Å². The summed E-state index contributed by atoms with van der Waals surface area (Å²) in [6.07, 6.45) is 3.90. The Hall–Kier alpha value is -2.26. The standard InChI is InChI=1S/C10H7ClN4O4S/c11-8-2-1-7(5-9(8)15(16)17)20(18,19)14-10-6-12-3-4-13-10/h1-6H,(H,13,14). The van der Waals surface area contributed by atoms with Crippen molar-refractivity contribution < 1.29 is 13.3 Å². The number of halogens is 1. The van der Waals surface area contributed by atoms with Crippen molar-refractivity contribution in [1.82, 2.24) is 9.97 Å². The molecule has 104 valence electrons. The van der Waals surface area contributed by atoms with E-state index < -0.39 is 20.6 Å². The molecule has 0 saturated heterocycles. The predicted octanol–water partition coefficient (Wildman–Crippen LogP) is 1.84. The fraction of sp³-hybridized carbons (Fsp3) is 0. The van der Waals surface area contributed by atoms with Crippen LogP contribution >= 0.6 is 11.6 Å². The summed E-state index contributed by atoms with van der Waals surface area (Å²) in [5.74, 6) is 0.00473. The van der Waals surface area contributed by atoms with Crippen LogP contribution in [0.2, 0.25) is 5.02 Å². The molecule has 0 saturated carbocycles. The van der Waals surface area contributed by atoms with Crippen LogP contribution in [0.25, 0.3) is 0 Å². The van der Waals surface area contributed by atoms with Crippen LogP contribution in [0.4, 0.5) is 11.5 Å². The van der Waals surface area contributed by atoms with Gasteiger partial charge in [0, 0.05) is 18.5 Å². The molecule has 0 bridgehead atoms. The number of anilines is 1. The monoisotopic (exact) mass is 314 g/mol. The predicted molar refractivity (Wildman–Crippen MR) is 70.9 cm³/mol. The molecule has 0 amide bonds. The Balaban J connectivity index is 2.40. The minimum absolute atomic E-state index is 0.00473. The largest absolute Gasteiger partial charge is 0.289 e. The number of benzene rings is 1. The van der Waals surface area contributed by atoms with Crippen molar-refractivity contribution in [1.29, 1.82) is 0 Å². The van der Waals surface area contributed by atoms with Crippen LogP contribution in [0.5, 0.6) is 0 Å². The minimum Gasteiger partial charge on any atom is -0.262 e. The van der Waals surface area contributed by atoms with Gasteiger partial charge in [0.05, 0.1) is 16.0 Å². The van der Waals surface area contributed by atoms with E-state index in [2.05, 4.69) is 14.7 Å². The van der Waals surface area contributed by atoms with E-state index in [9.17, 15) is 18.5 Å². The first-order valence-electron chi connectivity index (χ1n) is 5.13. The van der Waals surface area contributed by atoms with Crippen LogP contribution in [0.1, 0.15) is 0 Å². The molecule has 1 aromatic heterocycles. The highest BCUT2D eigenvalue weighted by Gasteiger charge is 2.21. The van der Waals surface area contributed by atoms with Crippen LogP contribution in [0.3, 0.4) is 0 Å². The van der Waals surface area contributed by atoms with Gasteiger partial charge in [-0.2, -0.15) is 0 Å². The van der Waals surface area contributed by atoms with Gasteiger partial charge in [-0.3, -0.25) is 19.8 Å². The van der Waals surface area contributed by atoms with E-state index in [4.69, 9.17) is 11.6 Å². The first kappa shape index (κ1) is 14.2. The number of aromatic nitrogens is 2. The molecule has 20 heavy (non-hydrogen) atoms. The summed E-state index contributed by atoms with van der Waals surface area (Å²) >= 11 is 5.62. The second-order valence-electron chi connectivity index (χ2n) is 3.57. The fourth-order valence-electron chi connectivity index (χ4n) is 1.35. The highest BCUT2D eigenvalue weighted by Crippen LogP contribution is 2.27. The Morgan fingerprint density at radius 1 is 1.30 bits per heavy atom. The fourth-order valence-corrected chi connectivity index (χ4v) is 2.55. The maximum absolute atomic E-state index is 12.0. The lowest BCUT2D eigenvalue weighted by Gasteiger charge is -2.06. The summed E-state index contributed by atoms with van der Waals surface area (Å²) in [6, 6.07) is 3.18. The van der Waals surface area contributed by atoms with Gasteiger partial charge in [-0.15, -0.1) is 0 Å². The summed E-state index contributed by atoms with van der Waals surface area (Å²) in [6.45, 7) is 0. The van der Waals surface area contributed by atoms with Crippen LogP contribution in [-0.2, 0) is 10.0 Å². The number of sulfonamides is 1. The van der Waals surface area contributed by atoms with Crippen molar-refractivity contribution in [3.63, 3.8) is 0 Å². The Bertz CT molecular complexity index is 751. The van der Waals surface area contributed by atoms with Crippen molar-refractivity contribution >= 4 is 33.1 Å². The average Bonchev–Trinajstić information content (AvgIpc) is 2.39. The number of hydrogen-bond acceptors (Lipinski definition) is 6. The molecule has 0 aliphatic heterocycles. The van der Waals surface area contributed by atoms with Gasteiger partial charge in [-0.1, -0.05) is 11.6 Å². The number of nitrogens with one attached hydrogen (secondary N) is 1.